The summed E-state index contributed by atoms with van der Waals surface area (Å²) in [6.45, 7) is 7.41. The Labute approximate surface area is 216 Å². The predicted octanol–water partition coefficient (Wildman–Crippen LogP) is 8.91. The van der Waals surface area contributed by atoms with E-state index in [1.54, 1.807) is 23.7 Å². The summed E-state index contributed by atoms with van der Waals surface area (Å²) in [6, 6.07) is 31.3. The van der Waals surface area contributed by atoms with Crippen molar-refractivity contribution >= 4 is 58.9 Å². The van der Waals surface area contributed by atoms with Gasteiger partial charge in [0.05, 0.1) is 0 Å². The third-order valence-corrected chi connectivity index (χ3v) is 7.93. The van der Waals surface area contributed by atoms with Gasteiger partial charge in [-0.1, -0.05) is 55.1 Å². The lowest BCUT2D eigenvalue weighted by atomic mass is 9.92. The Bertz CT molecular complexity index is 1970. The zero-order chi connectivity index (χ0) is 24.9. The minimum Gasteiger partial charge on any atom is -0.361 e. The maximum atomic E-state index is 9.41. The number of pyridine rings is 2. The first-order valence-electron chi connectivity index (χ1n) is 11.8. The van der Waals surface area contributed by atoms with E-state index in [1.807, 2.05) is 24.3 Å². The molecule has 3 aromatic heterocycles. The highest BCUT2D eigenvalue weighted by Gasteiger charge is 2.18. The van der Waals surface area contributed by atoms with E-state index in [1.165, 1.54) is 30.9 Å². The number of thiophene rings is 1. The van der Waals surface area contributed by atoms with Crippen LogP contribution in [0.3, 0.4) is 0 Å². The summed E-state index contributed by atoms with van der Waals surface area (Å²) in [6.07, 6.45) is 3.40. The van der Waals surface area contributed by atoms with Gasteiger partial charge in [0.2, 0.25) is 0 Å². The van der Waals surface area contributed by atoms with Crippen LogP contribution < -0.4 is 0 Å². The Kier molecular flexibility index (Phi) is 4.72. The molecule has 0 saturated heterocycles. The molecular weight excluding hydrogens is 472 g/mol. The molecule has 37 heavy (non-hydrogen) atoms. The molecule has 0 aliphatic carbocycles. The molecule has 4 nitrogen and oxygen atoms in total. The van der Waals surface area contributed by atoms with Crippen molar-refractivity contribution in [3.8, 4) is 28.3 Å². The van der Waals surface area contributed by atoms with Crippen molar-refractivity contribution in [2.45, 2.75) is 0 Å². The summed E-state index contributed by atoms with van der Waals surface area (Å²) < 4.78 is 2.39. The largest absolute Gasteiger partial charge is 0.361 e. The van der Waals surface area contributed by atoms with Crippen LogP contribution in [0.25, 0.3) is 68.8 Å². The number of nitrogens with zero attached hydrogens (tertiary/aromatic N) is 4. The van der Waals surface area contributed by atoms with E-state index in [0.717, 1.165) is 33.0 Å². The van der Waals surface area contributed by atoms with Crippen molar-refractivity contribution in [2.75, 3.05) is 0 Å². The van der Waals surface area contributed by atoms with Gasteiger partial charge in [0.25, 0.3) is 5.82 Å². The Hall–Kier alpha value is -5.10. The molecule has 7 rings (SSSR count). The summed E-state index contributed by atoms with van der Waals surface area (Å²) in [5, 5.41) is 16.6. The van der Waals surface area contributed by atoms with Crippen LogP contribution in [-0.2, 0) is 0 Å². The number of rotatable bonds is 2. The van der Waals surface area contributed by atoms with E-state index in [0.29, 0.717) is 11.5 Å². The number of hydrogen-bond acceptors (Lipinski definition) is 4. The Morgan fingerprint density at radius 3 is 1.78 bits per heavy atom. The van der Waals surface area contributed by atoms with Crippen LogP contribution in [0, 0.1) is 17.9 Å². The molecule has 3 heterocycles. The van der Waals surface area contributed by atoms with Gasteiger partial charge in [-0.25, -0.2) is 4.98 Å². The van der Waals surface area contributed by atoms with Crippen LogP contribution >= 0.6 is 11.3 Å². The normalized spacial score (nSPS) is 11.2. The fourth-order valence-electron chi connectivity index (χ4n) is 5.28. The highest BCUT2D eigenvalue weighted by Crippen LogP contribution is 2.47. The van der Waals surface area contributed by atoms with E-state index in [9.17, 15) is 5.26 Å². The summed E-state index contributed by atoms with van der Waals surface area (Å²) in [5.74, 6) is 0.391. The van der Waals surface area contributed by atoms with E-state index in [-0.39, 0.29) is 0 Å². The molecule has 7 aromatic rings. The Balaban J connectivity index is 1.62. The van der Waals surface area contributed by atoms with Crippen LogP contribution in [0.1, 0.15) is 5.69 Å². The SMILES string of the molecule is [C-]#[N+]c1cc(-c2cc3sc4cc(-c5ccnc(C#N)c5)c5ccccc5c4c3c3ccccc23)ccn1. The Morgan fingerprint density at radius 2 is 1.22 bits per heavy atom. The van der Waals surface area contributed by atoms with E-state index in [2.05, 4.69) is 81.5 Å². The molecule has 5 heteroatoms. The van der Waals surface area contributed by atoms with Gasteiger partial charge in [0, 0.05) is 26.4 Å². The van der Waals surface area contributed by atoms with E-state index < -0.39 is 0 Å². The molecule has 0 aliphatic heterocycles. The molecule has 0 aliphatic rings. The van der Waals surface area contributed by atoms with Crippen LogP contribution in [0.4, 0.5) is 5.82 Å². The van der Waals surface area contributed by atoms with Crippen molar-refractivity contribution in [3.63, 3.8) is 0 Å². The zero-order valence-electron chi connectivity index (χ0n) is 19.4. The minimum atomic E-state index is 0.391. The van der Waals surface area contributed by atoms with Crippen molar-refractivity contribution in [1.29, 1.82) is 5.26 Å². The maximum Gasteiger partial charge on any atom is 0.270 e. The molecule has 0 bridgehead atoms. The van der Waals surface area contributed by atoms with Gasteiger partial charge in [-0.05, 0) is 80.2 Å². The molecule has 0 atom stereocenters. The fraction of sp³-hybridized carbons (Fsp3) is 0. The first kappa shape index (κ1) is 21.2. The predicted molar refractivity (Wildman–Crippen MR) is 152 cm³/mol. The summed E-state index contributed by atoms with van der Waals surface area (Å²) in [7, 11) is 0. The molecule has 0 N–H and O–H groups in total. The van der Waals surface area contributed by atoms with Crippen LogP contribution in [0.5, 0.6) is 0 Å². The van der Waals surface area contributed by atoms with Gasteiger partial charge in [0.15, 0.2) is 0 Å². The van der Waals surface area contributed by atoms with Crippen molar-refractivity contribution in [2.24, 2.45) is 0 Å². The smallest absolute Gasteiger partial charge is 0.270 e. The van der Waals surface area contributed by atoms with Gasteiger partial charge < -0.3 is 4.85 Å². The lowest BCUT2D eigenvalue weighted by Gasteiger charge is -2.11. The van der Waals surface area contributed by atoms with E-state index >= 15 is 0 Å². The number of hydrogen-bond donors (Lipinski definition) is 0. The van der Waals surface area contributed by atoms with Gasteiger partial charge in [0.1, 0.15) is 18.0 Å². The standard InChI is InChI=1S/C32H16N4S/c1-34-30-15-20(11-13-36-30)27-17-29-32(25-9-5-3-7-23(25)27)31-24-8-4-2-6-22(24)26(16-28(31)37-29)19-10-12-35-21(14-19)18-33/h2-17H. The third kappa shape index (κ3) is 3.27. The first-order valence-corrected chi connectivity index (χ1v) is 12.6. The molecule has 4 aromatic carbocycles. The second-order valence-corrected chi connectivity index (χ2v) is 9.93. The molecule has 0 radical (unpaired) electrons. The Morgan fingerprint density at radius 1 is 0.676 bits per heavy atom. The minimum absolute atomic E-state index is 0.391. The number of fused-ring (bicyclic) bond motifs is 7. The molecule has 0 unspecified atom stereocenters. The molecular formula is C32H16N4S. The molecule has 0 spiro atoms. The topological polar surface area (TPSA) is 53.9 Å². The molecule has 0 saturated carbocycles. The maximum absolute atomic E-state index is 9.41. The molecule has 170 valence electrons. The number of benzene rings is 4. The average molecular weight is 489 g/mol. The summed E-state index contributed by atoms with van der Waals surface area (Å²) in [5.41, 5.74) is 4.57. The van der Waals surface area contributed by atoms with Gasteiger partial charge >= 0.3 is 0 Å². The van der Waals surface area contributed by atoms with Crippen molar-refractivity contribution in [3.05, 3.63) is 114 Å². The van der Waals surface area contributed by atoms with Gasteiger partial charge in [-0.15, -0.1) is 16.3 Å². The number of nitriles is 1. The van der Waals surface area contributed by atoms with Crippen LogP contribution in [-0.4, -0.2) is 9.97 Å². The van der Waals surface area contributed by atoms with Crippen molar-refractivity contribution in [1.82, 2.24) is 9.97 Å². The number of aromatic nitrogens is 2. The average Bonchev–Trinajstić information content (AvgIpc) is 3.35. The van der Waals surface area contributed by atoms with Gasteiger partial charge in [-0.3, -0.25) is 0 Å². The highest BCUT2D eigenvalue weighted by atomic mass is 32.1. The zero-order valence-corrected chi connectivity index (χ0v) is 20.3. The quantitative estimate of drug-likeness (QED) is 0.228. The lowest BCUT2D eigenvalue weighted by molar-refractivity contribution is 1.27. The highest BCUT2D eigenvalue weighted by molar-refractivity contribution is 7.26. The third-order valence-electron chi connectivity index (χ3n) is 6.84. The lowest BCUT2D eigenvalue weighted by Crippen LogP contribution is -1.87. The first-order chi connectivity index (χ1) is 18.2. The molecule has 0 amide bonds. The van der Waals surface area contributed by atoms with E-state index in [4.69, 9.17) is 6.57 Å². The van der Waals surface area contributed by atoms with Crippen molar-refractivity contribution < 1.29 is 0 Å². The summed E-state index contributed by atoms with van der Waals surface area (Å²) in [4.78, 5) is 11.9. The second-order valence-electron chi connectivity index (χ2n) is 8.84. The fourth-order valence-corrected chi connectivity index (χ4v) is 6.50. The summed E-state index contributed by atoms with van der Waals surface area (Å²) >= 11 is 1.77. The molecule has 0 fully saturated rings. The van der Waals surface area contributed by atoms with Gasteiger partial charge in [-0.2, -0.15) is 5.26 Å². The monoisotopic (exact) mass is 488 g/mol. The second kappa shape index (κ2) is 8.24. The van der Waals surface area contributed by atoms with Crippen LogP contribution in [0.15, 0.2) is 97.3 Å². The van der Waals surface area contributed by atoms with Crippen LogP contribution in [0.2, 0.25) is 0 Å².